The Kier molecular flexibility index (Phi) is 6.38. The van der Waals surface area contributed by atoms with Crippen LogP contribution in [0.1, 0.15) is 33.6 Å². The van der Waals surface area contributed by atoms with Gasteiger partial charge >= 0.3 is 12.5 Å². The maximum Gasteiger partial charge on any atom is 0.573 e. The zero-order valence-electron chi connectivity index (χ0n) is 17.6. The summed E-state index contributed by atoms with van der Waals surface area (Å²) in [4.78, 5) is 13.9. The zero-order valence-corrected chi connectivity index (χ0v) is 17.6. The molecule has 31 heavy (non-hydrogen) atoms. The lowest BCUT2D eigenvalue weighted by Gasteiger charge is -2.33. The molecule has 1 aliphatic heterocycles. The molecular weight excluding hydrogens is 415 g/mol. The number of aromatic nitrogens is 2. The first-order valence-corrected chi connectivity index (χ1v) is 9.99. The Bertz CT molecular complexity index is 913. The van der Waals surface area contributed by atoms with Gasteiger partial charge in [-0.1, -0.05) is 0 Å². The summed E-state index contributed by atoms with van der Waals surface area (Å²) < 4.78 is 49.2. The van der Waals surface area contributed by atoms with Gasteiger partial charge in [0.25, 0.3) is 0 Å². The largest absolute Gasteiger partial charge is 0.573 e. The fourth-order valence-corrected chi connectivity index (χ4v) is 3.45. The average Bonchev–Trinajstić information content (AvgIpc) is 3.08. The van der Waals surface area contributed by atoms with E-state index in [0.29, 0.717) is 25.2 Å². The minimum absolute atomic E-state index is 0.182. The minimum atomic E-state index is -4.87. The van der Waals surface area contributed by atoms with Crippen LogP contribution in [0, 0.1) is 5.92 Å². The molecule has 1 amide bonds. The van der Waals surface area contributed by atoms with Crippen molar-refractivity contribution < 1.29 is 32.5 Å². The number of likely N-dealkylation sites (tertiary alicyclic amines) is 1. The Labute approximate surface area is 178 Å². The molecule has 0 saturated carbocycles. The number of hydrogen-bond donors (Lipinski definition) is 1. The first-order chi connectivity index (χ1) is 14.4. The topological polar surface area (TPSA) is 76.8 Å². The van der Waals surface area contributed by atoms with Crippen LogP contribution in [0.3, 0.4) is 0 Å². The van der Waals surface area contributed by atoms with Crippen LogP contribution in [-0.2, 0) is 11.3 Å². The highest BCUT2D eigenvalue weighted by Crippen LogP contribution is 2.36. The van der Waals surface area contributed by atoms with E-state index < -0.39 is 17.7 Å². The molecular formula is C21H26F3N3O4. The number of amides is 1. The van der Waals surface area contributed by atoms with E-state index >= 15 is 0 Å². The molecule has 10 heteroatoms. The lowest BCUT2D eigenvalue weighted by Crippen LogP contribution is -2.42. The highest BCUT2D eigenvalue weighted by Gasteiger charge is 2.33. The van der Waals surface area contributed by atoms with Crippen LogP contribution in [0.25, 0.3) is 11.1 Å². The smallest absolute Gasteiger partial charge is 0.508 e. The second-order valence-electron chi connectivity index (χ2n) is 8.59. The fraction of sp³-hybridized carbons (Fsp3) is 0.524. The van der Waals surface area contributed by atoms with Gasteiger partial charge in [-0.25, -0.2) is 4.79 Å². The number of rotatable bonds is 4. The van der Waals surface area contributed by atoms with Gasteiger partial charge in [0.1, 0.15) is 17.1 Å². The third kappa shape index (κ3) is 6.53. The van der Waals surface area contributed by atoms with Crippen molar-refractivity contribution in [3.05, 3.63) is 30.6 Å². The molecule has 1 aromatic heterocycles. The molecule has 1 saturated heterocycles. The molecule has 0 bridgehead atoms. The molecule has 0 aliphatic carbocycles. The van der Waals surface area contributed by atoms with Gasteiger partial charge < -0.3 is 19.5 Å². The molecule has 0 radical (unpaired) electrons. The number of nitrogens with zero attached hydrogens (tertiary/aromatic N) is 3. The van der Waals surface area contributed by atoms with Crippen molar-refractivity contribution in [2.24, 2.45) is 5.92 Å². The number of hydrogen-bond acceptors (Lipinski definition) is 5. The van der Waals surface area contributed by atoms with Crippen molar-refractivity contribution in [3.8, 4) is 22.6 Å². The Morgan fingerprint density at radius 1 is 1.23 bits per heavy atom. The SMILES string of the molecule is CC(C)(C)OC(=O)N1CCC(Cn2cc(-c3ccc(O)cc3OC(F)(F)F)cn2)CC1. The van der Waals surface area contributed by atoms with Crippen LogP contribution in [0.5, 0.6) is 11.5 Å². The van der Waals surface area contributed by atoms with Gasteiger partial charge in [0, 0.05) is 43.0 Å². The minimum Gasteiger partial charge on any atom is -0.508 e. The normalized spacial score (nSPS) is 15.7. The van der Waals surface area contributed by atoms with E-state index in [1.807, 2.05) is 20.8 Å². The van der Waals surface area contributed by atoms with Gasteiger partial charge in [-0.15, -0.1) is 13.2 Å². The van der Waals surface area contributed by atoms with E-state index in [2.05, 4.69) is 9.84 Å². The molecule has 3 rings (SSSR count). The molecule has 7 nitrogen and oxygen atoms in total. The van der Waals surface area contributed by atoms with Crippen LogP contribution in [0.15, 0.2) is 30.6 Å². The number of halogens is 3. The summed E-state index contributed by atoms with van der Waals surface area (Å²) in [7, 11) is 0. The Balaban J connectivity index is 1.62. The quantitative estimate of drug-likeness (QED) is 0.738. The summed E-state index contributed by atoms with van der Waals surface area (Å²) in [6, 6.07) is 3.58. The average molecular weight is 441 g/mol. The Morgan fingerprint density at radius 2 is 1.90 bits per heavy atom. The molecule has 2 heterocycles. The summed E-state index contributed by atoms with van der Waals surface area (Å²) in [6.07, 6.45) is -0.537. The van der Waals surface area contributed by atoms with Crippen molar-refractivity contribution in [2.75, 3.05) is 13.1 Å². The van der Waals surface area contributed by atoms with Crippen LogP contribution in [0.4, 0.5) is 18.0 Å². The van der Waals surface area contributed by atoms with Crippen LogP contribution in [0.2, 0.25) is 0 Å². The second-order valence-corrected chi connectivity index (χ2v) is 8.59. The second kappa shape index (κ2) is 8.68. The first-order valence-electron chi connectivity index (χ1n) is 9.99. The van der Waals surface area contributed by atoms with Crippen LogP contribution >= 0.6 is 0 Å². The molecule has 1 aliphatic rings. The van der Waals surface area contributed by atoms with Crippen molar-refractivity contribution in [1.82, 2.24) is 14.7 Å². The van der Waals surface area contributed by atoms with Crippen molar-refractivity contribution >= 4 is 6.09 Å². The summed E-state index contributed by atoms with van der Waals surface area (Å²) in [5.74, 6) is -0.540. The number of carbonyl (C=O) groups excluding carboxylic acids is 1. The summed E-state index contributed by atoms with van der Waals surface area (Å²) >= 11 is 0. The Hall–Kier alpha value is -2.91. The van der Waals surface area contributed by atoms with Gasteiger partial charge in [0.15, 0.2) is 0 Å². The molecule has 1 N–H and O–H groups in total. The number of ether oxygens (including phenoxy) is 2. The van der Waals surface area contributed by atoms with Gasteiger partial charge in [-0.2, -0.15) is 5.10 Å². The highest BCUT2D eigenvalue weighted by molar-refractivity contribution is 5.70. The number of piperidine rings is 1. The third-order valence-electron chi connectivity index (χ3n) is 4.85. The van der Waals surface area contributed by atoms with Gasteiger partial charge in [0.05, 0.1) is 6.20 Å². The monoisotopic (exact) mass is 441 g/mol. The van der Waals surface area contributed by atoms with Crippen molar-refractivity contribution in [3.63, 3.8) is 0 Å². The Morgan fingerprint density at radius 3 is 2.52 bits per heavy atom. The molecule has 2 aromatic rings. The molecule has 1 fully saturated rings. The van der Waals surface area contributed by atoms with Crippen LogP contribution < -0.4 is 4.74 Å². The molecule has 170 valence electrons. The lowest BCUT2D eigenvalue weighted by molar-refractivity contribution is -0.274. The number of benzene rings is 1. The van der Waals surface area contributed by atoms with Crippen molar-refractivity contribution in [2.45, 2.75) is 52.1 Å². The summed E-state index contributed by atoms with van der Waals surface area (Å²) in [6.45, 7) is 7.21. The standard InChI is InChI=1S/C21H26F3N3O4/c1-20(2,3)31-19(29)26-8-6-14(7-9-26)12-27-13-15(11-25-27)17-5-4-16(28)10-18(17)30-21(22,23)24/h4-5,10-11,13-14,28H,6-9,12H2,1-3H3. The molecule has 0 spiro atoms. The van der Waals surface area contributed by atoms with Crippen molar-refractivity contribution in [1.29, 1.82) is 0 Å². The predicted molar refractivity (Wildman–Crippen MR) is 107 cm³/mol. The lowest BCUT2D eigenvalue weighted by atomic mass is 9.97. The number of alkyl halides is 3. The maximum absolute atomic E-state index is 12.7. The van der Waals surface area contributed by atoms with Gasteiger partial charge in [0.2, 0.25) is 0 Å². The van der Waals surface area contributed by atoms with E-state index in [1.54, 1.807) is 15.8 Å². The third-order valence-corrected chi connectivity index (χ3v) is 4.85. The summed E-state index contributed by atoms with van der Waals surface area (Å²) in [5, 5.41) is 13.8. The number of phenolic OH excluding ortho intramolecular Hbond substituents is 1. The summed E-state index contributed by atoms with van der Waals surface area (Å²) in [5.41, 5.74) is 0.0917. The maximum atomic E-state index is 12.7. The van der Waals surface area contributed by atoms with E-state index in [1.165, 1.54) is 18.3 Å². The van der Waals surface area contributed by atoms with E-state index in [-0.39, 0.29) is 23.3 Å². The number of carbonyl (C=O) groups is 1. The van der Waals surface area contributed by atoms with E-state index in [0.717, 1.165) is 18.9 Å². The molecule has 0 unspecified atom stereocenters. The predicted octanol–water partition coefficient (Wildman–Crippen LogP) is 4.80. The van der Waals surface area contributed by atoms with E-state index in [4.69, 9.17) is 4.74 Å². The fourth-order valence-electron chi connectivity index (χ4n) is 3.45. The highest BCUT2D eigenvalue weighted by atomic mass is 19.4. The van der Waals surface area contributed by atoms with Gasteiger partial charge in [-0.3, -0.25) is 4.68 Å². The number of phenols is 1. The van der Waals surface area contributed by atoms with Crippen LogP contribution in [-0.4, -0.2) is 50.9 Å². The molecule has 0 atom stereocenters. The first kappa shape index (κ1) is 22.8. The zero-order chi connectivity index (χ0) is 22.8. The molecule has 1 aromatic carbocycles. The van der Waals surface area contributed by atoms with E-state index in [9.17, 15) is 23.1 Å². The number of aromatic hydroxyl groups is 1. The van der Waals surface area contributed by atoms with Gasteiger partial charge in [-0.05, 0) is 51.7 Å².